The lowest BCUT2D eigenvalue weighted by molar-refractivity contribution is 0.0690. The monoisotopic (exact) mass is 290 g/mol. The van der Waals surface area contributed by atoms with Crippen LogP contribution in [0.3, 0.4) is 0 Å². The lowest BCUT2D eigenvalue weighted by atomic mass is 9.76. The van der Waals surface area contributed by atoms with E-state index in [1.807, 2.05) is 6.92 Å². The summed E-state index contributed by atoms with van der Waals surface area (Å²) in [5.74, 6) is 1.85. The van der Waals surface area contributed by atoms with E-state index in [9.17, 15) is 9.59 Å². The molecule has 1 aromatic heterocycles. The van der Waals surface area contributed by atoms with Crippen molar-refractivity contribution in [2.45, 2.75) is 31.7 Å². The van der Waals surface area contributed by atoms with E-state index in [-0.39, 0.29) is 18.3 Å². The first-order chi connectivity index (χ1) is 10.0. The summed E-state index contributed by atoms with van der Waals surface area (Å²) in [6.07, 6.45) is 8.90. The second-order valence-corrected chi connectivity index (χ2v) is 5.03. The number of aromatic amines is 1. The van der Waals surface area contributed by atoms with Crippen LogP contribution in [0.15, 0.2) is 6.20 Å². The quantitative estimate of drug-likeness (QED) is 0.708. The Morgan fingerprint density at radius 1 is 1.62 bits per heavy atom. The Labute approximate surface area is 122 Å². The predicted molar refractivity (Wildman–Crippen MR) is 75.7 cm³/mol. The van der Waals surface area contributed by atoms with E-state index in [1.165, 1.54) is 11.1 Å². The molecule has 0 saturated heterocycles. The number of nitrogens with one attached hydrogen (secondary N) is 2. The summed E-state index contributed by atoms with van der Waals surface area (Å²) in [5.41, 5.74) is -0.603. The summed E-state index contributed by atoms with van der Waals surface area (Å²) in [5, 5.41) is 11.9. The second kappa shape index (κ2) is 5.87. The highest BCUT2D eigenvalue weighted by atomic mass is 16.4. The molecule has 1 fully saturated rings. The summed E-state index contributed by atoms with van der Waals surface area (Å²) in [7, 11) is 0. The molecular weight excluding hydrogens is 272 g/mol. The number of aromatic nitrogens is 2. The third kappa shape index (κ3) is 2.84. The number of rotatable bonds is 5. The zero-order valence-electron chi connectivity index (χ0n) is 11.8. The number of carbonyl (C=O) groups excluding carboxylic acids is 1. The molecule has 21 heavy (non-hydrogen) atoms. The van der Waals surface area contributed by atoms with E-state index >= 15 is 0 Å². The average molecular weight is 290 g/mol. The molecule has 0 unspecified atom stereocenters. The van der Waals surface area contributed by atoms with Gasteiger partial charge in [0.05, 0.1) is 18.3 Å². The summed E-state index contributed by atoms with van der Waals surface area (Å²) < 4.78 is 0. The molecule has 0 bridgehead atoms. The van der Waals surface area contributed by atoms with Crippen molar-refractivity contribution in [1.29, 1.82) is 0 Å². The standard InChI is InChI=1S/C14H18N4O3/c1-3-8-18(4-2)13(21)17-14(6-5-7-14)12-15-9-10(16-12)11(19)20/h1,9H,4-8H2,2H3,(H,15,16)(H,17,21)(H,19,20). The van der Waals surface area contributed by atoms with Crippen LogP contribution in [-0.2, 0) is 5.54 Å². The van der Waals surface area contributed by atoms with Crippen LogP contribution in [-0.4, -0.2) is 45.1 Å². The number of terminal acetylenes is 1. The number of imidazole rings is 1. The predicted octanol–water partition coefficient (Wildman–Crippen LogP) is 1.15. The molecule has 0 aromatic carbocycles. The number of aromatic carboxylic acids is 1. The van der Waals surface area contributed by atoms with Crippen LogP contribution in [0.2, 0.25) is 0 Å². The number of urea groups is 1. The highest BCUT2D eigenvalue weighted by molar-refractivity contribution is 5.85. The lowest BCUT2D eigenvalue weighted by Crippen LogP contribution is -2.55. The second-order valence-electron chi connectivity index (χ2n) is 5.03. The zero-order valence-corrected chi connectivity index (χ0v) is 11.8. The van der Waals surface area contributed by atoms with Crippen LogP contribution in [0, 0.1) is 12.3 Å². The van der Waals surface area contributed by atoms with Crippen LogP contribution in [0.4, 0.5) is 4.79 Å². The molecule has 2 rings (SSSR count). The number of amides is 2. The molecule has 0 aliphatic heterocycles. The first kappa shape index (κ1) is 14.9. The molecule has 112 valence electrons. The fraction of sp³-hybridized carbons (Fsp3) is 0.500. The highest BCUT2D eigenvalue weighted by Gasteiger charge is 2.43. The number of nitrogens with zero attached hydrogens (tertiary/aromatic N) is 2. The van der Waals surface area contributed by atoms with Gasteiger partial charge in [-0.15, -0.1) is 6.42 Å². The fourth-order valence-corrected chi connectivity index (χ4v) is 2.35. The van der Waals surface area contributed by atoms with Gasteiger partial charge in [-0.2, -0.15) is 0 Å². The molecule has 1 aliphatic carbocycles. The van der Waals surface area contributed by atoms with Crippen molar-refractivity contribution in [3.05, 3.63) is 17.7 Å². The minimum absolute atomic E-state index is 0.0153. The minimum atomic E-state index is -1.07. The Kier molecular flexibility index (Phi) is 4.17. The minimum Gasteiger partial charge on any atom is -0.477 e. The fourth-order valence-electron chi connectivity index (χ4n) is 2.35. The summed E-state index contributed by atoms with van der Waals surface area (Å²) in [4.78, 5) is 31.6. The molecule has 7 heteroatoms. The maximum Gasteiger partial charge on any atom is 0.353 e. The molecule has 1 aromatic rings. The first-order valence-electron chi connectivity index (χ1n) is 6.81. The van der Waals surface area contributed by atoms with E-state index in [1.54, 1.807) is 0 Å². The van der Waals surface area contributed by atoms with Crippen molar-refractivity contribution in [1.82, 2.24) is 20.2 Å². The van der Waals surface area contributed by atoms with E-state index in [4.69, 9.17) is 11.5 Å². The Morgan fingerprint density at radius 2 is 2.33 bits per heavy atom. The maximum atomic E-state index is 12.2. The van der Waals surface area contributed by atoms with Crippen LogP contribution in [0.5, 0.6) is 0 Å². The van der Waals surface area contributed by atoms with Crippen LogP contribution in [0.1, 0.15) is 42.5 Å². The SMILES string of the molecule is C#CCN(CC)C(=O)NC1(c2ncc(C(=O)O)[nH]2)CCC1. The van der Waals surface area contributed by atoms with Gasteiger partial charge in [-0.25, -0.2) is 14.6 Å². The van der Waals surface area contributed by atoms with E-state index in [0.717, 1.165) is 19.3 Å². The van der Waals surface area contributed by atoms with Gasteiger partial charge in [0, 0.05) is 6.54 Å². The Balaban J connectivity index is 2.16. The van der Waals surface area contributed by atoms with Crippen molar-refractivity contribution in [3.63, 3.8) is 0 Å². The van der Waals surface area contributed by atoms with Gasteiger partial charge < -0.3 is 20.3 Å². The molecule has 2 amide bonds. The third-order valence-electron chi connectivity index (χ3n) is 3.76. The zero-order chi connectivity index (χ0) is 15.5. The van der Waals surface area contributed by atoms with Crippen molar-refractivity contribution in [3.8, 4) is 12.3 Å². The normalized spacial score (nSPS) is 15.6. The summed E-state index contributed by atoms with van der Waals surface area (Å²) >= 11 is 0. The van der Waals surface area contributed by atoms with E-state index < -0.39 is 11.5 Å². The molecule has 0 radical (unpaired) electrons. The molecule has 7 nitrogen and oxygen atoms in total. The van der Waals surface area contributed by atoms with E-state index in [2.05, 4.69) is 21.2 Å². The number of carboxylic acid groups (broad SMARTS) is 1. The van der Waals surface area contributed by atoms with Gasteiger partial charge in [0.2, 0.25) is 0 Å². The van der Waals surface area contributed by atoms with Gasteiger partial charge in [0.25, 0.3) is 0 Å². The molecular formula is C14H18N4O3. The molecule has 0 atom stereocenters. The van der Waals surface area contributed by atoms with Crippen LogP contribution < -0.4 is 5.32 Å². The molecule has 1 heterocycles. The molecule has 3 N–H and O–H groups in total. The number of hydrogen-bond acceptors (Lipinski definition) is 3. The Hall–Kier alpha value is -2.49. The van der Waals surface area contributed by atoms with Crippen LogP contribution >= 0.6 is 0 Å². The smallest absolute Gasteiger partial charge is 0.353 e. The molecule has 0 spiro atoms. The van der Waals surface area contributed by atoms with Gasteiger partial charge in [0.1, 0.15) is 11.5 Å². The highest BCUT2D eigenvalue weighted by Crippen LogP contribution is 2.39. The van der Waals surface area contributed by atoms with Gasteiger partial charge in [-0.1, -0.05) is 5.92 Å². The Morgan fingerprint density at radius 3 is 2.76 bits per heavy atom. The van der Waals surface area contributed by atoms with Gasteiger partial charge in [0.15, 0.2) is 0 Å². The van der Waals surface area contributed by atoms with Crippen LogP contribution in [0.25, 0.3) is 0 Å². The number of carbonyl (C=O) groups is 2. The summed E-state index contributed by atoms with van der Waals surface area (Å²) in [6.45, 7) is 2.58. The van der Waals surface area contributed by atoms with Crippen molar-refractivity contribution < 1.29 is 14.7 Å². The Bertz CT molecular complexity index is 583. The van der Waals surface area contributed by atoms with Gasteiger partial charge in [-0.05, 0) is 26.2 Å². The van der Waals surface area contributed by atoms with Gasteiger partial charge >= 0.3 is 12.0 Å². The lowest BCUT2D eigenvalue weighted by Gasteiger charge is -2.41. The molecule has 1 aliphatic rings. The number of hydrogen-bond donors (Lipinski definition) is 3. The topological polar surface area (TPSA) is 98.3 Å². The summed E-state index contributed by atoms with van der Waals surface area (Å²) in [6, 6.07) is -0.261. The first-order valence-corrected chi connectivity index (χ1v) is 6.81. The third-order valence-corrected chi connectivity index (χ3v) is 3.76. The largest absolute Gasteiger partial charge is 0.477 e. The van der Waals surface area contributed by atoms with Crippen molar-refractivity contribution >= 4 is 12.0 Å². The van der Waals surface area contributed by atoms with Crippen molar-refractivity contribution in [2.75, 3.05) is 13.1 Å². The van der Waals surface area contributed by atoms with E-state index in [0.29, 0.717) is 12.4 Å². The number of H-pyrrole nitrogens is 1. The van der Waals surface area contributed by atoms with Crippen molar-refractivity contribution in [2.24, 2.45) is 0 Å². The maximum absolute atomic E-state index is 12.2. The number of carboxylic acids is 1. The van der Waals surface area contributed by atoms with Gasteiger partial charge in [-0.3, -0.25) is 0 Å². The average Bonchev–Trinajstić information content (AvgIpc) is 2.90. The molecule has 1 saturated carbocycles.